The molecule has 0 aromatic carbocycles. The molecular formula is C10H15NO3S. The maximum Gasteiger partial charge on any atom is 0.208 e. The predicted octanol–water partition coefficient (Wildman–Crippen LogP) is 1.99. The van der Waals surface area contributed by atoms with E-state index in [0.717, 1.165) is 5.75 Å². The molecule has 1 rings (SSSR count). The molecule has 84 valence electrons. The lowest BCUT2D eigenvalue weighted by Gasteiger charge is -2.05. The predicted molar refractivity (Wildman–Crippen MR) is 59.5 cm³/mol. The largest absolute Gasteiger partial charge is 0.494 e. The van der Waals surface area contributed by atoms with E-state index in [1.807, 2.05) is 6.92 Å². The van der Waals surface area contributed by atoms with Crippen LogP contribution in [-0.4, -0.2) is 26.3 Å². The molecule has 0 saturated heterocycles. The Labute approximate surface area is 92.9 Å². The van der Waals surface area contributed by atoms with Gasteiger partial charge in [0.15, 0.2) is 5.88 Å². The van der Waals surface area contributed by atoms with Gasteiger partial charge < -0.3 is 10.2 Å². The molecule has 0 spiro atoms. The van der Waals surface area contributed by atoms with Crippen molar-refractivity contribution in [3.8, 4) is 11.8 Å². The molecule has 15 heavy (non-hydrogen) atoms. The molecule has 5 heteroatoms. The first-order chi connectivity index (χ1) is 7.06. The molecule has 0 fully saturated rings. The highest BCUT2D eigenvalue weighted by Gasteiger charge is 2.13. The van der Waals surface area contributed by atoms with Crippen LogP contribution in [0.1, 0.15) is 20.3 Å². The zero-order chi connectivity index (χ0) is 11.4. The summed E-state index contributed by atoms with van der Waals surface area (Å²) in [6.45, 7) is 3.77. The number of ketones is 1. The van der Waals surface area contributed by atoms with Crippen LogP contribution < -0.4 is 0 Å². The number of carbonyl (C=O) groups is 1. The number of aromatic hydroxyl groups is 2. The van der Waals surface area contributed by atoms with Gasteiger partial charge in [0.2, 0.25) is 5.88 Å². The molecule has 0 saturated carbocycles. The maximum absolute atomic E-state index is 10.8. The summed E-state index contributed by atoms with van der Waals surface area (Å²) in [4.78, 5) is 11.4. The fourth-order valence-electron chi connectivity index (χ4n) is 1.25. The summed E-state index contributed by atoms with van der Waals surface area (Å²) in [5.74, 6) is 0.904. The summed E-state index contributed by atoms with van der Waals surface area (Å²) in [6, 6.07) is 1.52. The Morgan fingerprint density at radius 3 is 2.73 bits per heavy atom. The average molecular weight is 229 g/mol. The molecule has 1 aromatic rings. The van der Waals surface area contributed by atoms with Crippen molar-refractivity contribution in [1.29, 1.82) is 0 Å². The van der Waals surface area contributed by atoms with Crippen molar-refractivity contribution < 1.29 is 15.0 Å². The number of hydrogen-bond donors (Lipinski definition) is 2. The Bertz CT molecular complexity index is 360. The summed E-state index contributed by atoms with van der Waals surface area (Å²) < 4.78 is 1.35. The minimum Gasteiger partial charge on any atom is -0.494 e. The Kier molecular flexibility index (Phi) is 4.08. The smallest absolute Gasteiger partial charge is 0.208 e. The lowest BCUT2D eigenvalue weighted by molar-refractivity contribution is -0.117. The third kappa shape index (κ3) is 2.92. The van der Waals surface area contributed by atoms with Gasteiger partial charge in [0.1, 0.15) is 5.78 Å². The van der Waals surface area contributed by atoms with E-state index in [-0.39, 0.29) is 17.5 Å². The summed E-state index contributed by atoms with van der Waals surface area (Å²) in [7, 11) is 0. The topological polar surface area (TPSA) is 62.5 Å². The molecule has 4 nitrogen and oxygen atoms in total. The average Bonchev–Trinajstić information content (AvgIpc) is 2.40. The molecule has 0 unspecified atom stereocenters. The van der Waals surface area contributed by atoms with E-state index in [4.69, 9.17) is 0 Å². The van der Waals surface area contributed by atoms with Gasteiger partial charge in [-0.15, -0.1) is 11.8 Å². The molecular weight excluding hydrogens is 214 g/mol. The van der Waals surface area contributed by atoms with Gasteiger partial charge in [-0.1, -0.05) is 6.92 Å². The van der Waals surface area contributed by atoms with Crippen LogP contribution in [0.3, 0.4) is 0 Å². The van der Waals surface area contributed by atoms with Crippen LogP contribution in [0.5, 0.6) is 11.8 Å². The van der Waals surface area contributed by atoms with Gasteiger partial charge in [0.05, 0.1) is 4.90 Å². The summed E-state index contributed by atoms with van der Waals surface area (Å²) in [6.07, 6.45) is 0.312. The molecule has 0 radical (unpaired) electrons. The first-order valence-electron chi connectivity index (χ1n) is 4.80. The second kappa shape index (κ2) is 5.11. The van der Waals surface area contributed by atoms with Crippen molar-refractivity contribution in [2.75, 3.05) is 5.75 Å². The minimum absolute atomic E-state index is 0.00435. The summed E-state index contributed by atoms with van der Waals surface area (Å²) in [5.41, 5.74) is 0. The third-order valence-corrected chi connectivity index (χ3v) is 2.90. The molecule has 0 aliphatic rings. The first-order valence-corrected chi connectivity index (χ1v) is 5.78. The van der Waals surface area contributed by atoms with Gasteiger partial charge in [-0.3, -0.25) is 9.36 Å². The molecule has 0 atom stereocenters. The van der Waals surface area contributed by atoms with Crippen molar-refractivity contribution >= 4 is 17.5 Å². The number of Topliss-reactive ketones (excluding diaryl/α,β-unsaturated/α-hetero) is 1. The van der Waals surface area contributed by atoms with Gasteiger partial charge in [0, 0.05) is 19.0 Å². The molecule has 0 bridgehead atoms. The van der Waals surface area contributed by atoms with E-state index in [0.29, 0.717) is 17.9 Å². The van der Waals surface area contributed by atoms with E-state index in [9.17, 15) is 15.0 Å². The SMILES string of the molecule is CCSc1cc(O)n(CCC(C)=O)c1O. The molecule has 0 amide bonds. The van der Waals surface area contributed by atoms with Crippen molar-refractivity contribution in [2.24, 2.45) is 0 Å². The Balaban J connectivity index is 2.82. The standard InChI is InChI=1S/C10H15NO3S/c1-3-15-8-6-9(13)11(10(8)14)5-4-7(2)12/h6,13-14H,3-5H2,1-2H3. The highest BCUT2D eigenvalue weighted by molar-refractivity contribution is 7.99. The van der Waals surface area contributed by atoms with Gasteiger partial charge in [0.25, 0.3) is 0 Å². The third-order valence-electron chi connectivity index (χ3n) is 2.00. The second-order valence-corrected chi connectivity index (χ2v) is 4.53. The quantitative estimate of drug-likeness (QED) is 0.758. The minimum atomic E-state index is 0.00435. The molecule has 0 aliphatic carbocycles. The number of aromatic nitrogens is 1. The van der Waals surface area contributed by atoms with Crippen LogP contribution in [0.15, 0.2) is 11.0 Å². The van der Waals surface area contributed by atoms with E-state index >= 15 is 0 Å². The first kappa shape index (κ1) is 12.0. The highest BCUT2D eigenvalue weighted by Crippen LogP contribution is 2.35. The van der Waals surface area contributed by atoms with Crippen molar-refractivity contribution in [1.82, 2.24) is 4.57 Å². The van der Waals surface area contributed by atoms with Gasteiger partial charge in [-0.05, 0) is 12.7 Å². The van der Waals surface area contributed by atoms with Gasteiger partial charge >= 0.3 is 0 Å². The van der Waals surface area contributed by atoms with Crippen molar-refractivity contribution in [3.63, 3.8) is 0 Å². The van der Waals surface area contributed by atoms with Gasteiger partial charge in [-0.25, -0.2) is 0 Å². The van der Waals surface area contributed by atoms with E-state index in [1.165, 1.54) is 29.3 Å². The maximum atomic E-state index is 10.8. The lowest BCUT2D eigenvalue weighted by Crippen LogP contribution is -2.01. The molecule has 1 aromatic heterocycles. The highest BCUT2D eigenvalue weighted by atomic mass is 32.2. The van der Waals surface area contributed by atoms with Crippen molar-refractivity contribution in [2.45, 2.75) is 31.7 Å². The molecule has 2 N–H and O–H groups in total. The van der Waals surface area contributed by atoms with E-state index in [1.54, 1.807) is 0 Å². The number of carbonyl (C=O) groups excluding carboxylic acids is 1. The number of nitrogens with zero attached hydrogens (tertiary/aromatic N) is 1. The van der Waals surface area contributed by atoms with Gasteiger partial charge in [-0.2, -0.15) is 0 Å². The fraction of sp³-hybridized carbons (Fsp3) is 0.500. The number of thioether (sulfide) groups is 1. The van der Waals surface area contributed by atoms with Crippen LogP contribution in [0.25, 0.3) is 0 Å². The summed E-state index contributed by atoms with van der Waals surface area (Å²) >= 11 is 1.46. The second-order valence-electron chi connectivity index (χ2n) is 3.23. The van der Waals surface area contributed by atoms with Crippen LogP contribution in [-0.2, 0) is 11.3 Å². The molecule has 1 heterocycles. The van der Waals surface area contributed by atoms with Crippen LogP contribution in [0.2, 0.25) is 0 Å². The van der Waals surface area contributed by atoms with Crippen molar-refractivity contribution in [3.05, 3.63) is 6.07 Å². The Morgan fingerprint density at radius 2 is 2.20 bits per heavy atom. The zero-order valence-corrected chi connectivity index (χ0v) is 9.67. The van der Waals surface area contributed by atoms with E-state index < -0.39 is 0 Å². The fourth-order valence-corrected chi connectivity index (χ4v) is 1.99. The number of rotatable bonds is 5. The Morgan fingerprint density at radius 1 is 1.53 bits per heavy atom. The van der Waals surface area contributed by atoms with Crippen LogP contribution >= 0.6 is 11.8 Å². The summed E-state index contributed by atoms with van der Waals surface area (Å²) in [5, 5.41) is 19.3. The lowest BCUT2D eigenvalue weighted by atomic mass is 10.3. The van der Waals surface area contributed by atoms with Crippen LogP contribution in [0.4, 0.5) is 0 Å². The van der Waals surface area contributed by atoms with Crippen LogP contribution in [0, 0.1) is 0 Å². The monoisotopic (exact) mass is 229 g/mol. The Hall–Kier alpha value is -1.10. The van der Waals surface area contributed by atoms with E-state index in [2.05, 4.69) is 0 Å². The zero-order valence-electron chi connectivity index (χ0n) is 8.86. The molecule has 0 aliphatic heterocycles. The normalized spacial score (nSPS) is 10.5. The number of hydrogen-bond acceptors (Lipinski definition) is 4.